The average Bonchev–Trinajstić information content (AvgIpc) is 2.39. The first kappa shape index (κ1) is 4.77. The van der Waals surface area contributed by atoms with Crippen LogP contribution in [0.15, 0.2) is 0 Å². The summed E-state index contributed by atoms with van der Waals surface area (Å²) < 4.78 is 0. The lowest BCUT2D eigenvalue weighted by molar-refractivity contribution is 0.498. The standard InChI is InChI=1S/C6H12N2/c7-5-3-8-4-6(5)1-2-6/h5,8H,1-4,7H2. The largest absolute Gasteiger partial charge is 0.326 e. The molecule has 1 aliphatic heterocycles. The third kappa shape index (κ3) is 0.446. The Morgan fingerprint density at radius 3 is 2.50 bits per heavy atom. The number of nitrogens with one attached hydrogen (secondary N) is 1. The molecule has 1 saturated heterocycles. The van der Waals surface area contributed by atoms with Gasteiger partial charge in [0.2, 0.25) is 0 Å². The summed E-state index contributed by atoms with van der Waals surface area (Å²) in [5, 5.41) is 3.30. The van der Waals surface area contributed by atoms with Crippen molar-refractivity contribution in [3.05, 3.63) is 0 Å². The van der Waals surface area contributed by atoms with Crippen LogP contribution in [0.25, 0.3) is 0 Å². The molecule has 2 nitrogen and oxygen atoms in total. The molecule has 2 rings (SSSR count). The Morgan fingerprint density at radius 2 is 2.25 bits per heavy atom. The van der Waals surface area contributed by atoms with Gasteiger partial charge < -0.3 is 11.1 Å². The maximum Gasteiger partial charge on any atom is 0.0234 e. The van der Waals surface area contributed by atoms with Crippen molar-refractivity contribution in [2.45, 2.75) is 18.9 Å². The van der Waals surface area contributed by atoms with Gasteiger partial charge in [-0.3, -0.25) is 0 Å². The molecule has 2 heteroatoms. The molecule has 1 atom stereocenters. The summed E-state index contributed by atoms with van der Waals surface area (Å²) >= 11 is 0. The van der Waals surface area contributed by atoms with Gasteiger partial charge >= 0.3 is 0 Å². The molecule has 2 aliphatic rings. The molecule has 0 aromatic heterocycles. The second-order valence-corrected chi connectivity index (χ2v) is 3.10. The summed E-state index contributed by atoms with van der Waals surface area (Å²) in [7, 11) is 0. The fourth-order valence-corrected chi connectivity index (χ4v) is 1.53. The molecule has 1 spiro atoms. The molecular weight excluding hydrogens is 100 g/mol. The van der Waals surface area contributed by atoms with Crippen LogP contribution in [0, 0.1) is 5.41 Å². The SMILES string of the molecule is NC1CNCC12CC2. The first-order chi connectivity index (χ1) is 3.83. The highest BCUT2D eigenvalue weighted by molar-refractivity contribution is 5.07. The summed E-state index contributed by atoms with van der Waals surface area (Å²) in [4.78, 5) is 0. The van der Waals surface area contributed by atoms with E-state index in [0.29, 0.717) is 11.5 Å². The smallest absolute Gasteiger partial charge is 0.0234 e. The van der Waals surface area contributed by atoms with E-state index in [4.69, 9.17) is 5.73 Å². The molecule has 1 aliphatic carbocycles. The highest BCUT2D eigenvalue weighted by Crippen LogP contribution is 2.49. The van der Waals surface area contributed by atoms with Crippen molar-refractivity contribution in [3.63, 3.8) is 0 Å². The van der Waals surface area contributed by atoms with E-state index in [-0.39, 0.29) is 0 Å². The molecular formula is C6H12N2. The zero-order chi connectivity index (χ0) is 5.61. The first-order valence-electron chi connectivity index (χ1n) is 3.30. The minimum absolute atomic E-state index is 0.461. The zero-order valence-electron chi connectivity index (χ0n) is 4.98. The normalized spacial score (nSPS) is 40.9. The molecule has 0 amide bonds. The summed E-state index contributed by atoms with van der Waals surface area (Å²) in [6, 6.07) is 0.461. The summed E-state index contributed by atoms with van der Waals surface area (Å²) in [6.07, 6.45) is 2.72. The lowest BCUT2D eigenvalue weighted by Gasteiger charge is -2.08. The van der Waals surface area contributed by atoms with E-state index in [1.165, 1.54) is 19.4 Å². The van der Waals surface area contributed by atoms with Crippen LogP contribution in [0.5, 0.6) is 0 Å². The Balaban J connectivity index is 2.12. The monoisotopic (exact) mass is 112 g/mol. The van der Waals surface area contributed by atoms with Gasteiger partial charge in [-0.2, -0.15) is 0 Å². The highest BCUT2D eigenvalue weighted by atomic mass is 15.0. The van der Waals surface area contributed by atoms with Crippen molar-refractivity contribution in [3.8, 4) is 0 Å². The van der Waals surface area contributed by atoms with Crippen molar-refractivity contribution >= 4 is 0 Å². The van der Waals surface area contributed by atoms with Gasteiger partial charge in [0, 0.05) is 19.1 Å². The third-order valence-corrected chi connectivity index (χ3v) is 2.52. The Morgan fingerprint density at radius 1 is 1.50 bits per heavy atom. The summed E-state index contributed by atoms with van der Waals surface area (Å²) in [5.74, 6) is 0. The van der Waals surface area contributed by atoms with Crippen molar-refractivity contribution in [2.75, 3.05) is 13.1 Å². The molecule has 8 heavy (non-hydrogen) atoms. The number of hydrogen-bond donors (Lipinski definition) is 2. The van der Waals surface area contributed by atoms with E-state index in [2.05, 4.69) is 5.32 Å². The van der Waals surface area contributed by atoms with Gasteiger partial charge in [-0.05, 0) is 18.3 Å². The predicted molar refractivity (Wildman–Crippen MR) is 32.5 cm³/mol. The van der Waals surface area contributed by atoms with Crippen LogP contribution in [0.4, 0.5) is 0 Å². The lowest BCUT2D eigenvalue weighted by Crippen LogP contribution is -2.29. The molecule has 3 N–H and O–H groups in total. The number of hydrogen-bond acceptors (Lipinski definition) is 2. The Kier molecular flexibility index (Phi) is 0.746. The van der Waals surface area contributed by atoms with Crippen LogP contribution in [-0.2, 0) is 0 Å². The van der Waals surface area contributed by atoms with Gasteiger partial charge in [0.25, 0.3) is 0 Å². The fraction of sp³-hybridized carbons (Fsp3) is 1.00. The summed E-state index contributed by atoms with van der Waals surface area (Å²) in [5.41, 5.74) is 6.38. The van der Waals surface area contributed by atoms with Gasteiger partial charge in [0.05, 0.1) is 0 Å². The van der Waals surface area contributed by atoms with Gasteiger partial charge in [0.1, 0.15) is 0 Å². The van der Waals surface area contributed by atoms with Crippen LogP contribution in [0.2, 0.25) is 0 Å². The zero-order valence-corrected chi connectivity index (χ0v) is 4.98. The molecule has 2 fully saturated rings. The number of rotatable bonds is 0. The summed E-state index contributed by atoms with van der Waals surface area (Å²) in [6.45, 7) is 2.22. The van der Waals surface area contributed by atoms with E-state index < -0.39 is 0 Å². The van der Waals surface area contributed by atoms with E-state index in [9.17, 15) is 0 Å². The fourth-order valence-electron chi connectivity index (χ4n) is 1.53. The second-order valence-electron chi connectivity index (χ2n) is 3.10. The molecule has 0 bridgehead atoms. The van der Waals surface area contributed by atoms with Crippen LogP contribution in [-0.4, -0.2) is 19.1 Å². The maximum absolute atomic E-state index is 5.81. The average molecular weight is 112 g/mol. The minimum Gasteiger partial charge on any atom is -0.326 e. The molecule has 1 saturated carbocycles. The van der Waals surface area contributed by atoms with E-state index in [1.54, 1.807) is 0 Å². The molecule has 1 unspecified atom stereocenters. The van der Waals surface area contributed by atoms with Crippen LogP contribution in [0.1, 0.15) is 12.8 Å². The predicted octanol–water partition coefficient (Wildman–Crippen LogP) is -0.303. The van der Waals surface area contributed by atoms with Gasteiger partial charge in [-0.1, -0.05) is 0 Å². The lowest BCUT2D eigenvalue weighted by atomic mass is 10.0. The van der Waals surface area contributed by atoms with Crippen LogP contribution in [0.3, 0.4) is 0 Å². The first-order valence-corrected chi connectivity index (χ1v) is 3.30. The highest BCUT2D eigenvalue weighted by Gasteiger charge is 2.50. The van der Waals surface area contributed by atoms with Crippen molar-refractivity contribution in [2.24, 2.45) is 11.1 Å². The Bertz CT molecular complexity index is 107. The Hall–Kier alpha value is -0.0800. The second kappa shape index (κ2) is 1.25. The van der Waals surface area contributed by atoms with Crippen LogP contribution < -0.4 is 11.1 Å². The van der Waals surface area contributed by atoms with Crippen molar-refractivity contribution < 1.29 is 0 Å². The van der Waals surface area contributed by atoms with Gasteiger partial charge in [-0.15, -0.1) is 0 Å². The minimum atomic E-state index is 0.461. The van der Waals surface area contributed by atoms with E-state index in [1.807, 2.05) is 0 Å². The molecule has 1 heterocycles. The quantitative estimate of drug-likeness (QED) is 0.451. The van der Waals surface area contributed by atoms with E-state index in [0.717, 1.165) is 6.54 Å². The van der Waals surface area contributed by atoms with E-state index >= 15 is 0 Å². The Labute approximate surface area is 49.4 Å². The molecule has 0 aromatic carbocycles. The van der Waals surface area contributed by atoms with Gasteiger partial charge in [-0.25, -0.2) is 0 Å². The third-order valence-electron chi connectivity index (χ3n) is 2.52. The molecule has 0 radical (unpaired) electrons. The topological polar surface area (TPSA) is 38.0 Å². The molecule has 0 aromatic rings. The maximum atomic E-state index is 5.81. The van der Waals surface area contributed by atoms with Gasteiger partial charge in [0.15, 0.2) is 0 Å². The van der Waals surface area contributed by atoms with Crippen molar-refractivity contribution in [1.29, 1.82) is 0 Å². The molecule has 46 valence electrons. The van der Waals surface area contributed by atoms with Crippen molar-refractivity contribution in [1.82, 2.24) is 5.32 Å². The van der Waals surface area contributed by atoms with Crippen LogP contribution >= 0.6 is 0 Å². The number of nitrogens with two attached hydrogens (primary N) is 1.